The van der Waals surface area contributed by atoms with E-state index in [0.717, 1.165) is 12.5 Å². The van der Waals surface area contributed by atoms with Crippen LogP contribution in [0.2, 0.25) is 5.02 Å². The Bertz CT molecular complexity index is 592. The van der Waals surface area contributed by atoms with Gasteiger partial charge in [0.15, 0.2) is 5.69 Å². The maximum Gasteiger partial charge on any atom is 0.434 e. The van der Waals surface area contributed by atoms with Crippen molar-refractivity contribution < 1.29 is 22.8 Å². The third-order valence-corrected chi connectivity index (χ3v) is 3.47. The zero-order valence-electron chi connectivity index (χ0n) is 11.4. The van der Waals surface area contributed by atoms with E-state index in [9.17, 15) is 22.8 Å². The zero-order chi connectivity index (χ0) is 16.3. The first-order valence-electron chi connectivity index (χ1n) is 6.59. The largest absolute Gasteiger partial charge is 0.434 e. The van der Waals surface area contributed by atoms with Crippen LogP contribution in [-0.4, -0.2) is 34.8 Å². The second kappa shape index (κ2) is 6.51. The third kappa shape index (κ3) is 4.09. The van der Waals surface area contributed by atoms with Gasteiger partial charge in [-0.05, 0) is 18.6 Å². The fourth-order valence-corrected chi connectivity index (χ4v) is 2.31. The molecule has 2 rings (SSSR count). The van der Waals surface area contributed by atoms with Gasteiger partial charge in [-0.3, -0.25) is 9.59 Å². The first-order chi connectivity index (χ1) is 10.3. The van der Waals surface area contributed by atoms with Crippen molar-refractivity contribution in [2.75, 3.05) is 18.4 Å². The lowest BCUT2D eigenvalue weighted by atomic mass is 10.3. The summed E-state index contributed by atoms with van der Waals surface area (Å²) in [5.41, 5.74) is -1.25. The number of carbonyl (C=O) groups is 2. The molecule has 9 heteroatoms. The van der Waals surface area contributed by atoms with E-state index in [1.807, 2.05) is 0 Å². The number of likely N-dealkylation sites (tertiary alicyclic amines) is 1. The summed E-state index contributed by atoms with van der Waals surface area (Å²) in [6.45, 7) is 0.841. The molecule has 0 radical (unpaired) electrons. The molecule has 0 aliphatic carbocycles. The monoisotopic (exact) mass is 335 g/mol. The summed E-state index contributed by atoms with van der Waals surface area (Å²) >= 11 is 5.44. The van der Waals surface area contributed by atoms with Crippen LogP contribution in [0, 0.1) is 0 Å². The van der Waals surface area contributed by atoms with Gasteiger partial charge < -0.3 is 10.2 Å². The second-order valence-corrected chi connectivity index (χ2v) is 5.21. The zero-order valence-corrected chi connectivity index (χ0v) is 12.2. The van der Waals surface area contributed by atoms with E-state index in [0.29, 0.717) is 13.0 Å². The highest BCUT2D eigenvalue weighted by Gasteiger charge is 2.35. The molecule has 1 aromatic heterocycles. The number of carbonyl (C=O) groups excluding carboxylic acids is 2. The number of amides is 2. The van der Waals surface area contributed by atoms with E-state index in [4.69, 9.17) is 11.6 Å². The molecule has 2 amide bonds. The summed E-state index contributed by atoms with van der Waals surface area (Å²) in [6.07, 6.45) is -3.47. The lowest BCUT2D eigenvalue weighted by Crippen LogP contribution is -2.29. The van der Waals surface area contributed by atoms with E-state index in [1.165, 1.54) is 6.07 Å². The Hall–Kier alpha value is -1.83. The Morgan fingerprint density at radius 3 is 2.73 bits per heavy atom. The quantitative estimate of drug-likeness (QED) is 0.920. The maximum absolute atomic E-state index is 12.7. The van der Waals surface area contributed by atoms with Gasteiger partial charge in [-0.2, -0.15) is 13.2 Å². The van der Waals surface area contributed by atoms with E-state index in [-0.39, 0.29) is 24.7 Å². The molecule has 1 aromatic rings. The van der Waals surface area contributed by atoms with Crippen molar-refractivity contribution in [3.63, 3.8) is 0 Å². The summed E-state index contributed by atoms with van der Waals surface area (Å²) < 4.78 is 38.0. The molecule has 2 heterocycles. The van der Waals surface area contributed by atoms with Crippen molar-refractivity contribution in [2.45, 2.75) is 25.4 Å². The van der Waals surface area contributed by atoms with Crippen molar-refractivity contribution in [3.8, 4) is 0 Å². The Balaban J connectivity index is 1.95. The lowest BCUT2D eigenvalue weighted by molar-refractivity contribution is -0.141. The van der Waals surface area contributed by atoms with Crippen LogP contribution < -0.4 is 5.32 Å². The van der Waals surface area contributed by atoms with Crippen molar-refractivity contribution in [1.82, 2.24) is 9.88 Å². The summed E-state index contributed by atoms with van der Waals surface area (Å²) in [5.74, 6) is -0.756. The Kier molecular flexibility index (Phi) is 4.90. The SMILES string of the molecule is O=C(CCN1CCCC1=O)Nc1ccc(Cl)c(C(F)(F)F)n1. The highest BCUT2D eigenvalue weighted by molar-refractivity contribution is 6.31. The standard InChI is InChI=1S/C13H13ClF3N3O2/c14-8-3-4-9(19-12(8)13(15,16)17)18-10(21)5-7-20-6-1-2-11(20)22/h3-4H,1-2,5-7H2,(H,18,19,21). The van der Waals surface area contributed by atoms with E-state index < -0.39 is 22.8 Å². The molecule has 0 bridgehead atoms. The predicted octanol–water partition coefficient (Wildman–Crippen LogP) is 2.70. The maximum atomic E-state index is 12.7. The topological polar surface area (TPSA) is 62.3 Å². The van der Waals surface area contributed by atoms with Crippen molar-refractivity contribution >= 4 is 29.2 Å². The highest BCUT2D eigenvalue weighted by Crippen LogP contribution is 2.33. The van der Waals surface area contributed by atoms with Crippen LogP contribution in [0.3, 0.4) is 0 Å². The number of nitrogens with zero attached hydrogens (tertiary/aromatic N) is 2. The molecule has 1 fully saturated rings. The first-order valence-corrected chi connectivity index (χ1v) is 6.96. The van der Waals surface area contributed by atoms with Crippen molar-refractivity contribution in [3.05, 3.63) is 22.8 Å². The molecule has 0 saturated carbocycles. The summed E-state index contributed by atoms with van der Waals surface area (Å²) in [5, 5.41) is 1.74. The second-order valence-electron chi connectivity index (χ2n) is 4.81. The van der Waals surface area contributed by atoms with Crippen molar-refractivity contribution in [1.29, 1.82) is 0 Å². The van der Waals surface area contributed by atoms with Gasteiger partial charge in [-0.15, -0.1) is 0 Å². The number of anilines is 1. The normalized spacial score (nSPS) is 15.3. The Morgan fingerprint density at radius 2 is 2.14 bits per heavy atom. The molecule has 1 aliphatic rings. The van der Waals surface area contributed by atoms with Gasteiger partial charge in [0.25, 0.3) is 0 Å². The molecule has 22 heavy (non-hydrogen) atoms. The number of hydrogen-bond acceptors (Lipinski definition) is 3. The summed E-state index contributed by atoms with van der Waals surface area (Å²) in [6, 6.07) is 2.22. The van der Waals surface area contributed by atoms with Gasteiger partial charge in [0.2, 0.25) is 11.8 Å². The Labute approximate surface area is 129 Å². The average molecular weight is 336 g/mol. The van der Waals surface area contributed by atoms with Crippen LogP contribution >= 0.6 is 11.6 Å². The molecule has 5 nitrogen and oxygen atoms in total. The molecule has 0 aromatic carbocycles. The molecular formula is C13H13ClF3N3O2. The van der Waals surface area contributed by atoms with Gasteiger partial charge in [0.1, 0.15) is 5.82 Å². The predicted molar refractivity (Wildman–Crippen MR) is 73.3 cm³/mol. The number of alkyl halides is 3. The molecule has 0 atom stereocenters. The van der Waals surface area contributed by atoms with Crippen LogP contribution in [0.4, 0.5) is 19.0 Å². The average Bonchev–Trinajstić information content (AvgIpc) is 2.83. The van der Waals surface area contributed by atoms with Crippen LogP contribution in [0.5, 0.6) is 0 Å². The summed E-state index contributed by atoms with van der Waals surface area (Å²) in [7, 11) is 0. The number of halogens is 4. The molecule has 1 aliphatic heterocycles. The third-order valence-electron chi connectivity index (χ3n) is 3.16. The van der Waals surface area contributed by atoms with Gasteiger partial charge >= 0.3 is 6.18 Å². The van der Waals surface area contributed by atoms with E-state index >= 15 is 0 Å². The molecule has 1 saturated heterocycles. The Morgan fingerprint density at radius 1 is 1.41 bits per heavy atom. The molecular weight excluding hydrogens is 323 g/mol. The van der Waals surface area contributed by atoms with Crippen LogP contribution in [-0.2, 0) is 15.8 Å². The molecule has 0 unspecified atom stereocenters. The van der Waals surface area contributed by atoms with Gasteiger partial charge in [-0.1, -0.05) is 11.6 Å². The molecule has 0 spiro atoms. The number of pyridine rings is 1. The van der Waals surface area contributed by atoms with Crippen LogP contribution in [0.15, 0.2) is 12.1 Å². The van der Waals surface area contributed by atoms with Gasteiger partial charge in [0, 0.05) is 25.9 Å². The smallest absolute Gasteiger partial charge is 0.342 e. The molecule has 120 valence electrons. The van der Waals surface area contributed by atoms with Gasteiger partial charge in [0.05, 0.1) is 5.02 Å². The number of rotatable bonds is 4. The fourth-order valence-electron chi connectivity index (χ4n) is 2.09. The lowest BCUT2D eigenvalue weighted by Gasteiger charge is -2.15. The molecule has 1 N–H and O–H groups in total. The highest BCUT2D eigenvalue weighted by atomic mass is 35.5. The van der Waals surface area contributed by atoms with Crippen LogP contribution in [0.25, 0.3) is 0 Å². The fraction of sp³-hybridized carbons (Fsp3) is 0.462. The number of hydrogen-bond donors (Lipinski definition) is 1. The van der Waals surface area contributed by atoms with E-state index in [1.54, 1.807) is 4.90 Å². The first kappa shape index (κ1) is 16.5. The minimum atomic E-state index is -4.69. The van der Waals surface area contributed by atoms with Gasteiger partial charge in [-0.25, -0.2) is 4.98 Å². The van der Waals surface area contributed by atoms with Crippen molar-refractivity contribution in [2.24, 2.45) is 0 Å². The van der Waals surface area contributed by atoms with E-state index in [2.05, 4.69) is 10.3 Å². The number of nitrogens with one attached hydrogen (secondary N) is 1. The summed E-state index contributed by atoms with van der Waals surface area (Å²) in [4.78, 5) is 28.0. The minimum absolute atomic E-state index is 0.00258. The van der Waals surface area contributed by atoms with Crippen LogP contribution in [0.1, 0.15) is 25.0 Å². The number of aromatic nitrogens is 1. The minimum Gasteiger partial charge on any atom is -0.342 e.